The van der Waals surface area contributed by atoms with Gasteiger partial charge in [0.25, 0.3) is 0 Å². The summed E-state index contributed by atoms with van der Waals surface area (Å²) in [5, 5.41) is 0. The third-order valence-electron chi connectivity index (χ3n) is 6.02. The molecular formula is C17H30N2O. The van der Waals surface area contributed by atoms with Crippen LogP contribution in [0.3, 0.4) is 0 Å². The predicted molar refractivity (Wildman–Crippen MR) is 81.1 cm³/mol. The SMILES string of the molecule is CC(C)N(CCCN)C(=O)C1C2CC3CC(C2)CC1C3. The molecular weight excluding hydrogens is 248 g/mol. The number of carbonyl (C=O) groups is 1. The van der Waals surface area contributed by atoms with Gasteiger partial charge < -0.3 is 10.6 Å². The quantitative estimate of drug-likeness (QED) is 0.840. The van der Waals surface area contributed by atoms with E-state index in [4.69, 9.17) is 5.73 Å². The highest BCUT2D eigenvalue weighted by atomic mass is 16.2. The van der Waals surface area contributed by atoms with Crippen molar-refractivity contribution in [1.29, 1.82) is 0 Å². The first-order valence-corrected chi connectivity index (χ1v) is 8.60. The van der Waals surface area contributed by atoms with Gasteiger partial charge in [-0.1, -0.05) is 0 Å². The van der Waals surface area contributed by atoms with Crippen LogP contribution in [0, 0.1) is 29.6 Å². The molecule has 114 valence electrons. The maximum atomic E-state index is 13.1. The van der Waals surface area contributed by atoms with Crippen LogP contribution in [-0.4, -0.2) is 29.9 Å². The summed E-state index contributed by atoms with van der Waals surface area (Å²) in [7, 11) is 0. The van der Waals surface area contributed by atoms with Gasteiger partial charge in [0.1, 0.15) is 0 Å². The summed E-state index contributed by atoms with van der Waals surface area (Å²) in [4.78, 5) is 15.2. The standard InChI is InChI=1S/C17H30N2O/c1-11(2)19(5-3-4-18)17(20)16-14-7-12-6-13(9-14)10-15(16)8-12/h11-16H,3-10,18H2,1-2H3. The van der Waals surface area contributed by atoms with Crippen LogP contribution in [-0.2, 0) is 4.79 Å². The Bertz CT molecular complexity index is 338. The molecule has 0 radical (unpaired) electrons. The van der Waals surface area contributed by atoms with Gasteiger partial charge in [-0.15, -0.1) is 0 Å². The number of amides is 1. The summed E-state index contributed by atoms with van der Waals surface area (Å²) < 4.78 is 0. The van der Waals surface area contributed by atoms with Gasteiger partial charge in [0.15, 0.2) is 0 Å². The molecule has 0 unspecified atom stereocenters. The second-order valence-electron chi connectivity index (χ2n) is 7.72. The van der Waals surface area contributed by atoms with Crippen LogP contribution in [0.1, 0.15) is 52.4 Å². The van der Waals surface area contributed by atoms with E-state index in [9.17, 15) is 4.79 Å². The molecule has 0 saturated heterocycles. The fraction of sp³-hybridized carbons (Fsp3) is 0.941. The average molecular weight is 278 g/mol. The first-order chi connectivity index (χ1) is 9.60. The first-order valence-electron chi connectivity index (χ1n) is 8.60. The number of carbonyl (C=O) groups excluding carboxylic acids is 1. The molecule has 3 nitrogen and oxygen atoms in total. The molecule has 2 N–H and O–H groups in total. The van der Waals surface area contributed by atoms with Gasteiger partial charge >= 0.3 is 0 Å². The van der Waals surface area contributed by atoms with Gasteiger partial charge in [-0.05, 0) is 82.6 Å². The van der Waals surface area contributed by atoms with E-state index in [0.29, 0.717) is 36.2 Å². The highest BCUT2D eigenvalue weighted by Crippen LogP contribution is 2.56. The van der Waals surface area contributed by atoms with Crippen molar-refractivity contribution < 1.29 is 4.79 Å². The molecule has 20 heavy (non-hydrogen) atoms. The third-order valence-corrected chi connectivity index (χ3v) is 6.02. The summed E-state index contributed by atoms with van der Waals surface area (Å²) in [5.41, 5.74) is 5.63. The lowest BCUT2D eigenvalue weighted by atomic mass is 9.51. The van der Waals surface area contributed by atoms with Gasteiger partial charge in [0.2, 0.25) is 5.91 Å². The van der Waals surface area contributed by atoms with Crippen molar-refractivity contribution in [2.75, 3.05) is 13.1 Å². The lowest BCUT2D eigenvalue weighted by molar-refractivity contribution is -0.150. The van der Waals surface area contributed by atoms with Crippen LogP contribution in [0.2, 0.25) is 0 Å². The highest BCUT2D eigenvalue weighted by Gasteiger charge is 2.51. The van der Waals surface area contributed by atoms with E-state index in [1.165, 1.54) is 32.1 Å². The zero-order valence-electron chi connectivity index (χ0n) is 13.1. The molecule has 1 amide bonds. The summed E-state index contributed by atoms with van der Waals surface area (Å²) in [5.74, 6) is 4.05. The van der Waals surface area contributed by atoms with Gasteiger partial charge in [-0.2, -0.15) is 0 Å². The zero-order chi connectivity index (χ0) is 14.3. The lowest BCUT2D eigenvalue weighted by Gasteiger charge is -2.54. The molecule has 0 aromatic rings. The minimum atomic E-state index is 0.311. The number of nitrogens with two attached hydrogens (primary N) is 1. The van der Waals surface area contributed by atoms with Gasteiger partial charge in [0.05, 0.1) is 0 Å². The summed E-state index contributed by atoms with van der Waals surface area (Å²) >= 11 is 0. The van der Waals surface area contributed by atoms with Crippen molar-refractivity contribution in [3.05, 3.63) is 0 Å². The Kier molecular flexibility index (Phi) is 4.07. The highest BCUT2D eigenvalue weighted by molar-refractivity contribution is 5.80. The van der Waals surface area contributed by atoms with Crippen molar-refractivity contribution in [2.24, 2.45) is 35.3 Å². The average Bonchev–Trinajstić information content (AvgIpc) is 2.37. The zero-order valence-corrected chi connectivity index (χ0v) is 13.1. The van der Waals surface area contributed by atoms with E-state index in [0.717, 1.165) is 24.8 Å². The molecule has 0 heterocycles. The minimum Gasteiger partial charge on any atom is -0.340 e. The molecule has 4 aliphatic rings. The van der Waals surface area contributed by atoms with E-state index in [1.807, 2.05) is 0 Å². The van der Waals surface area contributed by atoms with E-state index < -0.39 is 0 Å². The van der Waals surface area contributed by atoms with Crippen LogP contribution >= 0.6 is 0 Å². The topological polar surface area (TPSA) is 46.3 Å². The van der Waals surface area contributed by atoms with Crippen LogP contribution in [0.5, 0.6) is 0 Å². The molecule has 0 aromatic heterocycles. The smallest absolute Gasteiger partial charge is 0.226 e. The molecule has 4 rings (SSSR count). The molecule has 0 atom stereocenters. The monoisotopic (exact) mass is 278 g/mol. The Balaban J connectivity index is 1.72. The molecule has 3 heteroatoms. The van der Waals surface area contributed by atoms with E-state index in [-0.39, 0.29) is 0 Å². The molecule has 4 aliphatic carbocycles. The summed E-state index contributed by atoms with van der Waals surface area (Å²) in [6.45, 7) is 5.81. The minimum absolute atomic E-state index is 0.311. The number of rotatable bonds is 5. The van der Waals surface area contributed by atoms with Crippen LogP contribution in [0.25, 0.3) is 0 Å². The fourth-order valence-electron chi connectivity index (χ4n) is 5.40. The van der Waals surface area contributed by atoms with Crippen molar-refractivity contribution >= 4 is 5.91 Å². The van der Waals surface area contributed by atoms with Crippen LogP contribution in [0.15, 0.2) is 0 Å². The molecule has 0 aliphatic heterocycles. The maximum absolute atomic E-state index is 13.1. The summed E-state index contributed by atoms with van der Waals surface area (Å²) in [6.07, 6.45) is 7.68. The van der Waals surface area contributed by atoms with Crippen molar-refractivity contribution in [1.82, 2.24) is 4.90 Å². The van der Waals surface area contributed by atoms with Gasteiger partial charge in [-0.3, -0.25) is 4.79 Å². The Labute approximate surface area is 123 Å². The Morgan fingerprint density at radius 2 is 1.65 bits per heavy atom. The molecule has 4 saturated carbocycles. The predicted octanol–water partition coefficient (Wildman–Crippen LogP) is 2.64. The van der Waals surface area contributed by atoms with Gasteiger partial charge in [-0.25, -0.2) is 0 Å². The van der Waals surface area contributed by atoms with Crippen molar-refractivity contribution in [3.63, 3.8) is 0 Å². The Morgan fingerprint density at radius 3 is 2.10 bits per heavy atom. The number of hydrogen-bond acceptors (Lipinski definition) is 2. The fourth-order valence-corrected chi connectivity index (χ4v) is 5.40. The Hall–Kier alpha value is -0.570. The van der Waals surface area contributed by atoms with E-state index in [2.05, 4.69) is 18.7 Å². The second kappa shape index (κ2) is 5.67. The third kappa shape index (κ3) is 2.49. The van der Waals surface area contributed by atoms with Gasteiger partial charge in [0, 0.05) is 18.5 Å². The second-order valence-corrected chi connectivity index (χ2v) is 7.72. The maximum Gasteiger partial charge on any atom is 0.226 e. The summed E-state index contributed by atoms with van der Waals surface area (Å²) in [6, 6.07) is 0.311. The van der Waals surface area contributed by atoms with Crippen LogP contribution < -0.4 is 5.73 Å². The number of nitrogens with zero attached hydrogens (tertiary/aromatic N) is 1. The Morgan fingerprint density at radius 1 is 1.10 bits per heavy atom. The molecule has 4 bridgehead atoms. The largest absolute Gasteiger partial charge is 0.340 e. The van der Waals surface area contributed by atoms with Crippen LogP contribution in [0.4, 0.5) is 0 Å². The molecule has 0 aromatic carbocycles. The normalized spacial score (nSPS) is 38.5. The first kappa shape index (κ1) is 14.4. The van der Waals surface area contributed by atoms with E-state index >= 15 is 0 Å². The van der Waals surface area contributed by atoms with Crippen molar-refractivity contribution in [3.8, 4) is 0 Å². The number of hydrogen-bond donors (Lipinski definition) is 1. The molecule has 4 fully saturated rings. The van der Waals surface area contributed by atoms with E-state index in [1.54, 1.807) is 0 Å². The van der Waals surface area contributed by atoms with Crippen molar-refractivity contribution in [2.45, 2.75) is 58.4 Å². The lowest BCUT2D eigenvalue weighted by Crippen LogP contribution is -2.53. The molecule has 0 spiro atoms.